The fraction of sp³-hybridized carbons (Fsp3) is 0.440. The van der Waals surface area contributed by atoms with Gasteiger partial charge in [0.1, 0.15) is 5.78 Å². The number of carbonyl (C=O) groups excluding carboxylic acids is 1. The highest BCUT2D eigenvalue weighted by Gasteiger charge is 2.22. The summed E-state index contributed by atoms with van der Waals surface area (Å²) in [6.45, 7) is 6.09. The first kappa shape index (κ1) is 23.5. The van der Waals surface area contributed by atoms with E-state index in [0.29, 0.717) is 36.3 Å². The molecule has 0 saturated carbocycles. The number of carbonyl (C=O) groups is 1. The number of hydrogen-bond acceptors (Lipinski definition) is 7. The van der Waals surface area contributed by atoms with Gasteiger partial charge in [0.05, 0.1) is 45.8 Å². The molecule has 0 unspecified atom stereocenters. The van der Waals surface area contributed by atoms with Gasteiger partial charge in [-0.25, -0.2) is 4.98 Å². The van der Waals surface area contributed by atoms with Crippen molar-refractivity contribution in [1.82, 2.24) is 24.8 Å². The molecule has 7 nitrogen and oxygen atoms in total. The fourth-order valence-corrected chi connectivity index (χ4v) is 5.86. The van der Waals surface area contributed by atoms with Crippen molar-refractivity contribution in [2.24, 2.45) is 0 Å². The van der Waals surface area contributed by atoms with Crippen molar-refractivity contribution >= 4 is 40.2 Å². The average Bonchev–Trinajstić information content (AvgIpc) is 2.83. The van der Waals surface area contributed by atoms with Gasteiger partial charge < -0.3 is 14.8 Å². The first-order valence-electron chi connectivity index (χ1n) is 11.7. The normalized spacial score (nSPS) is 17.3. The van der Waals surface area contributed by atoms with Gasteiger partial charge >= 0.3 is 0 Å². The van der Waals surface area contributed by atoms with E-state index in [9.17, 15) is 9.59 Å². The summed E-state index contributed by atoms with van der Waals surface area (Å²) in [6.07, 6.45) is 3.88. The van der Waals surface area contributed by atoms with Crippen LogP contribution in [0.3, 0.4) is 0 Å². The molecule has 2 aromatic heterocycles. The van der Waals surface area contributed by atoms with Gasteiger partial charge in [0.2, 0.25) is 0 Å². The highest BCUT2D eigenvalue weighted by Crippen LogP contribution is 2.31. The molecule has 1 saturated heterocycles. The van der Waals surface area contributed by atoms with E-state index in [4.69, 9.17) is 11.6 Å². The van der Waals surface area contributed by atoms with E-state index >= 15 is 0 Å². The average molecular weight is 498 g/mol. The van der Waals surface area contributed by atoms with Gasteiger partial charge in [-0.2, -0.15) is 0 Å². The minimum absolute atomic E-state index is 0.0517. The number of benzene rings is 1. The second kappa shape index (κ2) is 10.2. The number of aryl methyl sites for hydroxylation is 1. The van der Waals surface area contributed by atoms with Crippen LogP contribution in [0.5, 0.6) is 0 Å². The van der Waals surface area contributed by atoms with Gasteiger partial charge in [0.15, 0.2) is 0 Å². The Morgan fingerprint density at radius 1 is 1.18 bits per heavy atom. The molecular formula is C25H28ClN5O2S. The van der Waals surface area contributed by atoms with Crippen molar-refractivity contribution in [2.75, 3.05) is 25.4 Å². The molecule has 0 atom stereocenters. The molecule has 0 radical (unpaired) electrons. The van der Waals surface area contributed by atoms with Crippen molar-refractivity contribution in [2.45, 2.75) is 50.2 Å². The van der Waals surface area contributed by atoms with Gasteiger partial charge in [0, 0.05) is 30.6 Å². The lowest BCUT2D eigenvalue weighted by molar-refractivity contribution is -0.116. The van der Waals surface area contributed by atoms with Crippen molar-refractivity contribution < 1.29 is 4.79 Å². The fourth-order valence-electron chi connectivity index (χ4n) is 4.67. The van der Waals surface area contributed by atoms with E-state index in [1.54, 1.807) is 0 Å². The smallest absolute Gasteiger partial charge is 0.269 e. The van der Waals surface area contributed by atoms with Crippen molar-refractivity contribution in [3.05, 3.63) is 62.8 Å². The van der Waals surface area contributed by atoms with Gasteiger partial charge in [0.25, 0.3) is 5.56 Å². The summed E-state index contributed by atoms with van der Waals surface area (Å²) in [4.78, 5) is 36.6. The number of halogens is 1. The van der Waals surface area contributed by atoms with E-state index < -0.39 is 0 Å². The maximum atomic E-state index is 12.5. The first-order chi connectivity index (χ1) is 16.5. The Morgan fingerprint density at radius 3 is 2.82 bits per heavy atom. The molecule has 178 valence electrons. The van der Waals surface area contributed by atoms with Crippen LogP contribution in [0.25, 0.3) is 11.0 Å². The molecule has 2 aliphatic rings. The zero-order valence-corrected chi connectivity index (χ0v) is 20.8. The lowest BCUT2D eigenvalue weighted by Gasteiger charge is -2.32. The predicted octanol–water partition coefficient (Wildman–Crippen LogP) is 3.22. The number of thioether (sulfide) groups is 1. The van der Waals surface area contributed by atoms with E-state index in [2.05, 4.69) is 20.2 Å². The molecule has 0 amide bonds. The van der Waals surface area contributed by atoms with Gasteiger partial charge in [-0.1, -0.05) is 17.7 Å². The Bertz CT molecular complexity index is 1290. The summed E-state index contributed by atoms with van der Waals surface area (Å²) in [6, 6.07) is 8.38. The SMILES string of the molecule is Cc1ccc2ncc(=O)n(CCN3CCC(NCc4nc5c(cc4Cl)SCC(=O)C5)CC3)c2c1. The maximum absolute atomic E-state index is 12.5. The van der Waals surface area contributed by atoms with E-state index in [1.165, 1.54) is 18.0 Å². The van der Waals surface area contributed by atoms with Gasteiger partial charge in [-0.05, 0) is 56.6 Å². The third-order valence-electron chi connectivity index (χ3n) is 6.63. The largest absolute Gasteiger partial charge is 0.308 e. The number of aromatic nitrogens is 3. The Morgan fingerprint density at radius 2 is 2.00 bits per heavy atom. The summed E-state index contributed by atoms with van der Waals surface area (Å²) in [5.74, 6) is 0.725. The van der Waals surface area contributed by atoms with Crippen LogP contribution in [0.15, 0.2) is 40.2 Å². The van der Waals surface area contributed by atoms with Crippen LogP contribution in [0, 0.1) is 6.92 Å². The number of Topliss-reactive ketones (excluding diaryl/α,β-unsaturated/α-hetero) is 1. The van der Waals surface area contributed by atoms with E-state index in [-0.39, 0.29) is 11.3 Å². The zero-order valence-electron chi connectivity index (χ0n) is 19.2. The summed E-state index contributed by atoms with van der Waals surface area (Å²) in [5.41, 5.74) is 4.50. The summed E-state index contributed by atoms with van der Waals surface area (Å²) >= 11 is 7.98. The van der Waals surface area contributed by atoms with Gasteiger partial charge in [-0.3, -0.25) is 14.6 Å². The molecule has 34 heavy (non-hydrogen) atoms. The third-order valence-corrected chi connectivity index (χ3v) is 8.09. The monoisotopic (exact) mass is 497 g/mol. The molecule has 1 N–H and O–H groups in total. The molecule has 9 heteroatoms. The number of nitrogens with one attached hydrogen (secondary N) is 1. The lowest BCUT2D eigenvalue weighted by atomic mass is 10.0. The standard InChI is InChI=1S/C25H28ClN5O2S/c1-16-2-3-20-23(10-16)31(25(33)14-28-20)9-8-30-6-4-17(5-7-30)27-13-22-19(26)12-24-21(29-22)11-18(32)15-34-24/h2-3,10,12,14,17,27H,4-9,11,13,15H2,1H3. The second-order valence-corrected chi connectivity index (χ2v) is 10.5. The predicted molar refractivity (Wildman–Crippen MR) is 136 cm³/mol. The van der Waals surface area contributed by atoms with Crippen LogP contribution in [-0.2, 0) is 24.3 Å². The topological polar surface area (TPSA) is 80.1 Å². The number of nitrogens with zero attached hydrogens (tertiary/aromatic N) is 4. The summed E-state index contributed by atoms with van der Waals surface area (Å²) < 4.78 is 1.84. The minimum Gasteiger partial charge on any atom is -0.308 e. The number of likely N-dealkylation sites (tertiary alicyclic amines) is 1. The van der Waals surface area contributed by atoms with Crippen LogP contribution >= 0.6 is 23.4 Å². The maximum Gasteiger partial charge on any atom is 0.269 e. The first-order valence-corrected chi connectivity index (χ1v) is 13.1. The molecular weight excluding hydrogens is 470 g/mol. The summed E-state index contributed by atoms with van der Waals surface area (Å²) in [7, 11) is 0. The zero-order chi connectivity index (χ0) is 23.7. The number of fused-ring (bicyclic) bond motifs is 2. The molecule has 5 rings (SSSR count). The highest BCUT2D eigenvalue weighted by molar-refractivity contribution is 8.00. The number of ketones is 1. The third kappa shape index (κ3) is 5.20. The Labute approximate surface area is 207 Å². The molecule has 1 fully saturated rings. The number of pyridine rings is 1. The Balaban J connectivity index is 1.15. The van der Waals surface area contributed by atoms with Crippen LogP contribution < -0.4 is 10.9 Å². The molecule has 0 spiro atoms. The van der Waals surface area contributed by atoms with Crippen molar-refractivity contribution in [3.63, 3.8) is 0 Å². The number of hydrogen-bond donors (Lipinski definition) is 1. The molecule has 0 aliphatic carbocycles. The lowest BCUT2D eigenvalue weighted by Crippen LogP contribution is -2.43. The molecule has 3 aromatic rings. The molecule has 0 bridgehead atoms. The van der Waals surface area contributed by atoms with Crippen molar-refractivity contribution in [3.8, 4) is 0 Å². The van der Waals surface area contributed by atoms with Crippen LogP contribution in [-0.4, -0.2) is 56.6 Å². The Kier molecular flexibility index (Phi) is 7.01. The number of piperidine rings is 1. The van der Waals surface area contributed by atoms with Crippen LogP contribution in [0.1, 0.15) is 29.8 Å². The Hall–Kier alpha value is -2.26. The highest BCUT2D eigenvalue weighted by atomic mass is 35.5. The quantitative estimate of drug-likeness (QED) is 0.560. The minimum atomic E-state index is -0.0517. The van der Waals surface area contributed by atoms with Crippen molar-refractivity contribution in [1.29, 1.82) is 0 Å². The summed E-state index contributed by atoms with van der Waals surface area (Å²) in [5, 5.41) is 4.26. The molecule has 2 aliphatic heterocycles. The second-order valence-electron chi connectivity index (χ2n) is 9.10. The van der Waals surface area contributed by atoms with Gasteiger partial charge in [-0.15, -0.1) is 11.8 Å². The van der Waals surface area contributed by atoms with Crippen LogP contribution in [0.2, 0.25) is 5.02 Å². The number of rotatable bonds is 6. The van der Waals surface area contributed by atoms with E-state index in [0.717, 1.165) is 65.4 Å². The molecule has 1 aromatic carbocycles. The van der Waals surface area contributed by atoms with E-state index in [1.807, 2.05) is 35.8 Å². The van der Waals surface area contributed by atoms with Crippen LogP contribution in [0.4, 0.5) is 0 Å². The molecule has 4 heterocycles.